The van der Waals surface area contributed by atoms with Gasteiger partial charge in [0, 0.05) is 27.4 Å². The van der Waals surface area contributed by atoms with E-state index in [0.717, 1.165) is 19.3 Å². The average Bonchev–Trinajstić information content (AvgIpc) is 2.70. The van der Waals surface area contributed by atoms with Crippen LogP contribution in [0.25, 0.3) is 0 Å². The van der Waals surface area contributed by atoms with Crippen LogP contribution in [0.15, 0.2) is 111 Å². The first-order valence-electron chi connectivity index (χ1n) is 8.38. The molecule has 0 bridgehead atoms. The molecule has 0 saturated carbocycles. The van der Waals surface area contributed by atoms with Gasteiger partial charge in [0.2, 0.25) is 5.88 Å². The summed E-state index contributed by atoms with van der Waals surface area (Å²) in [6, 6.07) is 25.8. The summed E-state index contributed by atoms with van der Waals surface area (Å²) in [4.78, 5) is 7.96. The van der Waals surface area contributed by atoms with Crippen LogP contribution in [0.3, 0.4) is 0 Å². The number of nitrogens with zero attached hydrogens (tertiary/aromatic N) is 2. The second-order valence-corrected chi connectivity index (χ2v) is 8.00. The molecule has 0 aliphatic rings. The molecule has 0 unspecified atom stereocenters. The molecule has 148 valence electrons. The first kappa shape index (κ1) is 23.1. The predicted octanol–water partition coefficient (Wildman–Crippen LogP) is 7.64. The Hall–Kier alpha value is -2.22. The average molecular weight is 581 g/mol. The molecule has 0 atom stereocenters. The van der Waals surface area contributed by atoms with Crippen LogP contribution >= 0.6 is 47.8 Å². The number of phenolic OH excluding ortho intramolecular Hbond substituents is 1. The van der Waals surface area contributed by atoms with Gasteiger partial charge in [0.05, 0.1) is 0 Å². The van der Waals surface area contributed by atoms with Gasteiger partial charge in [-0.2, -0.15) is 0 Å². The van der Waals surface area contributed by atoms with Crippen molar-refractivity contribution < 1.29 is 9.84 Å². The summed E-state index contributed by atoms with van der Waals surface area (Å²) in [6.45, 7) is 0. The zero-order valence-electron chi connectivity index (χ0n) is 15.1. The van der Waals surface area contributed by atoms with Crippen molar-refractivity contribution in [3.63, 3.8) is 0 Å². The summed E-state index contributed by atoms with van der Waals surface area (Å²) in [5.74, 6) is 1.67. The maximum Gasteiger partial charge on any atom is 0.219 e. The van der Waals surface area contributed by atoms with Crippen LogP contribution in [0.5, 0.6) is 17.4 Å². The summed E-state index contributed by atoms with van der Waals surface area (Å²) < 4.78 is 8.29. The second-order valence-electron chi connectivity index (χ2n) is 5.36. The van der Waals surface area contributed by atoms with E-state index in [0.29, 0.717) is 11.6 Å². The van der Waals surface area contributed by atoms with E-state index in [1.54, 1.807) is 30.6 Å². The molecule has 2 heterocycles. The van der Waals surface area contributed by atoms with Gasteiger partial charge in [-0.15, -0.1) is 0 Å². The lowest BCUT2D eigenvalue weighted by atomic mass is 10.3. The van der Waals surface area contributed by atoms with Gasteiger partial charge in [0.25, 0.3) is 0 Å². The maximum atomic E-state index is 8.78. The van der Waals surface area contributed by atoms with Crippen LogP contribution in [0.1, 0.15) is 0 Å². The Morgan fingerprint density at radius 1 is 0.655 bits per heavy atom. The fraction of sp³-hybridized carbons (Fsp3) is 0. The number of rotatable bonds is 2. The number of benzene rings is 2. The van der Waals surface area contributed by atoms with Crippen molar-refractivity contribution in [2.75, 3.05) is 0 Å². The summed E-state index contributed by atoms with van der Waals surface area (Å²) >= 11 is 9.78. The molecule has 2 aromatic carbocycles. The highest BCUT2D eigenvalue weighted by molar-refractivity contribution is 9.11. The third kappa shape index (κ3) is 10.2. The zero-order valence-corrected chi connectivity index (χ0v) is 19.9. The molecule has 29 heavy (non-hydrogen) atoms. The van der Waals surface area contributed by atoms with Gasteiger partial charge < -0.3 is 9.84 Å². The third-order valence-electron chi connectivity index (χ3n) is 3.09. The van der Waals surface area contributed by atoms with Gasteiger partial charge in [-0.05, 0) is 70.5 Å². The fourth-order valence-electron chi connectivity index (χ4n) is 1.88. The predicted molar refractivity (Wildman–Crippen MR) is 126 cm³/mol. The van der Waals surface area contributed by atoms with E-state index in [1.165, 1.54) is 0 Å². The van der Waals surface area contributed by atoms with Gasteiger partial charge in [-0.1, -0.05) is 56.1 Å². The van der Waals surface area contributed by atoms with E-state index >= 15 is 0 Å². The highest BCUT2D eigenvalue weighted by atomic mass is 79.9. The molecule has 0 aliphatic carbocycles. The summed E-state index contributed by atoms with van der Waals surface area (Å²) in [6.07, 6.45) is 3.44. The molecule has 0 amide bonds. The Bertz CT molecular complexity index is 970. The maximum absolute atomic E-state index is 8.78. The molecular weight excluding hydrogens is 564 g/mol. The molecule has 4 rings (SSSR count). The molecular formula is C22H17Br3N2O2. The van der Waals surface area contributed by atoms with Gasteiger partial charge in [-0.25, -0.2) is 9.97 Å². The molecule has 2 aromatic heterocycles. The Balaban J connectivity index is 0.000000170. The van der Waals surface area contributed by atoms with Crippen LogP contribution in [0.4, 0.5) is 0 Å². The van der Waals surface area contributed by atoms with Gasteiger partial charge in [-0.3, -0.25) is 0 Å². The summed E-state index contributed by atoms with van der Waals surface area (Å²) in [7, 11) is 0. The highest BCUT2D eigenvalue weighted by Crippen LogP contribution is 2.22. The molecule has 4 nitrogen and oxygen atoms in total. The Morgan fingerprint density at radius 3 is 1.76 bits per heavy atom. The standard InChI is InChI=1S/C11H8BrNO.C6H5BrO.C5H4BrN/c12-9-4-3-5-10(8-9)14-11-6-1-2-7-13-11;7-5-2-1-3-6(8)4-5;6-5-3-1-2-4-7-5/h1-8H;1-4,8H;1-4H. The minimum atomic E-state index is 0.291. The Labute approximate surface area is 195 Å². The SMILES string of the molecule is Brc1cccc(Oc2ccccn2)c1.Brc1ccccn1.Oc1cccc(Br)c1. The van der Waals surface area contributed by atoms with Gasteiger partial charge >= 0.3 is 0 Å². The molecule has 0 spiro atoms. The first-order valence-corrected chi connectivity index (χ1v) is 10.8. The normalized spacial score (nSPS) is 9.34. The Kier molecular flexibility index (Phi) is 10.4. The Morgan fingerprint density at radius 2 is 1.31 bits per heavy atom. The van der Waals surface area contributed by atoms with E-state index in [4.69, 9.17) is 9.84 Å². The van der Waals surface area contributed by atoms with Crippen LogP contribution < -0.4 is 4.74 Å². The number of hydrogen-bond donors (Lipinski definition) is 1. The molecule has 0 aliphatic heterocycles. The van der Waals surface area contributed by atoms with Crippen molar-refractivity contribution in [2.24, 2.45) is 0 Å². The van der Waals surface area contributed by atoms with E-state index in [2.05, 4.69) is 57.8 Å². The largest absolute Gasteiger partial charge is 0.508 e. The lowest BCUT2D eigenvalue weighted by molar-refractivity contribution is 0.462. The lowest BCUT2D eigenvalue weighted by Gasteiger charge is -2.03. The molecule has 0 saturated heterocycles. The van der Waals surface area contributed by atoms with Crippen LogP contribution in [-0.4, -0.2) is 15.1 Å². The van der Waals surface area contributed by atoms with E-state index in [1.807, 2.05) is 66.7 Å². The van der Waals surface area contributed by atoms with Crippen molar-refractivity contribution in [1.29, 1.82) is 0 Å². The van der Waals surface area contributed by atoms with Crippen LogP contribution in [0.2, 0.25) is 0 Å². The topological polar surface area (TPSA) is 55.2 Å². The lowest BCUT2D eigenvalue weighted by Crippen LogP contribution is -1.85. The number of ether oxygens (including phenoxy) is 1. The van der Waals surface area contributed by atoms with Gasteiger partial charge in [0.1, 0.15) is 16.1 Å². The van der Waals surface area contributed by atoms with Gasteiger partial charge in [0.15, 0.2) is 0 Å². The van der Waals surface area contributed by atoms with E-state index in [9.17, 15) is 0 Å². The van der Waals surface area contributed by atoms with E-state index < -0.39 is 0 Å². The highest BCUT2D eigenvalue weighted by Gasteiger charge is 1.97. The van der Waals surface area contributed by atoms with Crippen molar-refractivity contribution in [3.8, 4) is 17.4 Å². The van der Waals surface area contributed by atoms with Crippen molar-refractivity contribution in [1.82, 2.24) is 9.97 Å². The van der Waals surface area contributed by atoms with Crippen LogP contribution in [0, 0.1) is 0 Å². The summed E-state index contributed by atoms with van der Waals surface area (Å²) in [5, 5.41) is 8.78. The zero-order chi connectivity index (χ0) is 20.9. The third-order valence-corrected chi connectivity index (χ3v) is 4.55. The quantitative estimate of drug-likeness (QED) is 0.248. The van der Waals surface area contributed by atoms with Crippen molar-refractivity contribution >= 4 is 47.8 Å². The molecule has 0 fully saturated rings. The molecule has 7 heteroatoms. The monoisotopic (exact) mass is 578 g/mol. The number of pyridine rings is 2. The molecule has 0 radical (unpaired) electrons. The van der Waals surface area contributed by atoms with Crippen LogP contribution in [-0.2, 0) is 0 Å². The first-order chi connectivity index (χ1) is 14.0. The fourth-order valence-corrected chi connectivity index (χ4v) is 2.91. The number of aromatic nitrogens is 2. The number of aromatic hydroxyl groups is 1. The minimum Gasteiger partial charge on any atom is -0.508 e. The molecule has 1 N–H and O–H groups in total. The number of halogens is 3. The minimum absolute atomic E-state index is 0.291. The van der Waals surface area contributed by atoms with Crippen molar-refractivity contribution in [2.45, 2.75) is 0 Å². The van der Waals surface area contributed by atoms with Crippen molar-refractivity contribution in [3.05, 3.63) is 111 Å². The number of hydrogen-bond acceptors (Lipinski definition) is 4. The second kappa shape index (κ2) is 13.1. The van der Waals surface area contributed by atoms with E-state index in [-0.39, 0.29) is 0 Å². The smallest absolute Gasteiger partial charge is 0.219 e. The number of phenols is 1. The summed E-state index contributed by atoms with van der Waals surface area (Å²) in [5.41, 5.74) is 0. The molecule has 4 aromatic rings.